The third kappa shape index (κ3) is 2.20. The van der Waals surface area contributed by atoms with E-state index in [2.05, 4.69) is 4.74 Å². The van der Waals surface area contributed by atoms with E-state index in [1.165, 1.54) is 7.11 Å². The molecule has 0 spiro atoms. The maximum absolute atomic E-state index is 11.2. The molecule has 0 aromatic rings. The van der Waals surface area contributed by atoms with Crippen LogP contribution in [0.25, 0.3) is 0 Å². The summed E-state index contributed by atoms with van der Waals surface area (Å²) in [5.41, 5.74) is 0. The van der Waals surface area contributed by atoms with Crippen LogP contribution in [0.3, 0.4) is 0 Å². The van der Waals surface area contributed by atoms with E-state index in [9.17, 15) is 14.7 Å². The number of carbonyl (C=O) groups is 2. The molecule has 0 radical (unpaired) electrons. The van der Waals surface area contributed by atoms with E-state index in [-0.39, 0.29) is 0 Å². The number of aliphatic carboxylic acids is 1. The van der Waals surface area contributed by atoms with Crippen molar-refractivity contribution >= 4 is 11.9 Å². The fourth-order valence-corrected chi connectivity index (χ4v) is 1.85. The van der Waals surface area contributed by atoms with Crippen molar-refractivity contribution in [3.05, 3.63) is 0 Å². The Morgan fingerprint density at radius 3 is 2.23 bits per heavy atom. The fraction of sp³-hybridized carbons (Fsp3) is 0.778. The zero-order valence-electron chi connectivity index (χ0n) is 7.62. The number of esters is 1. The minimum absolute atomic E-state index is 0.422. The molecule has 74 valence electrons. The van der Waals surface area contributed by atoms with E-state index in [0.717, 1.165) is 12.8 Å². The molecule has 1 rings (SSSR count). The van der Waals surface area contributed by atoms with E-state index >= 15 is 0 Å². The van der Waals surface area contributed by atoms with Gasteiger partial charge in [0, 0.05) is 11.9 Å². The van der Waals surface area contributed by atoms with Gasteiger partial charge in [-0.2, -0.15) is 0 Å². The quantitative estimate of drug-likeness (QED) is 0.555. The van der Waals surface area contributed by atoms with Gasteiger partial charge in [-0.25, -0.2) is 0 Å². The standard InChI is InChI=1S/C9H14O4/c1-13-9(12)7-5-3-2-4-6(7)8(10)11/h6-7H,2-5H2,1H3,(H,10,11)/p-1/t6?,7-/m1/s1. The van der Waals surface area contributed by atoms with Crippen molar-refractivity contribution in [1.82, 2.24) is 0 Å². The second-order valence-electron chi connectivity index (χ2n) is 3.34. The summed E-state index contributed by atoms with van der Waals surface area (Å²) in [6, 6.07) is 0. The molecule has 1 saturated carbocycles. The van der Waals surface area contributed by atoms with E-state index in [1.54, 1.807) is 0 Å². The molecule has 1 aliphatic rings. The molecule has 0 amide bonds. The molecule has 4 heteroatoms. The van der Waals surface area contributed by atoms with Gasteiger partial charge in [0.05, 0.1) is 13.0 Å². The molecule has 0 N–H and O–H groups in total. The van der Waals surface area contributed by atoms with Gasteiger partial charge >= 0.3 is 5.97 Å². The van der Waals surface area contributed by atoms with Crippen molar-refractivity contribution in [2.45, 2.75) is 25.7 Å². The molecule has 0 aliphatic heterocycles. The molecule has 2 atom stereocenters. The van der Waals surface area contributed by atoms with Gasteiger partial charge in [0.1, 0.15) is 0 Å². The number of carboxylic acids is 1. The highest BCUT2D eigenvalue weighted by molar-refractivity contribution is 5.80. The van der Waals surface area contributed by atoms with Crippen LogP contribution in [0.2, 0.25) is 0 Å². The van der Waals surface area contributed by atoms with Gasteiger partial charge in [-0.15, -0.1) is 0 Å². The molecular formula is C9H13O4-. The first-order chi connectivity index (χ1) is 6.16. The molecular weight excluding hydrogens is 172 g/mol. The van der Waals surface area contributed by atoms with Gasteiger partial charge < -0.3 is 14.6 Å². The van der Waals surface area contributed by atoms with Crippen LogP contribution in [0.1, 0.15) is 25.7 Å². The Morgan fingerprint density at radius 2 is 1.77 bits per heavy atom. The second-order valence-corrected chi connectivity index (χ2v) is 3.34. The number of ether oxygens (including phenoxy) is 1. The van der Waals surface area contributed by atoms with Crippen molar-refractivity contribution in [2.75, 3.05) is 7.11 Å². The molecule has 0 saturated heterocycles. The van der Waals surface area contributed by atoms with Crippen LogP contribution in [-0.4, -0.2) is 19.0 Å². The van der Waals surface area contributed by atoms with Gasteiger partial charge in [0.2, 0.25) is 0 Å². The zero-order valence-corrected chi connectivity index (χ0v) is 7.62. The number of hydrogen-bond acceptors (Lipinski definition) is 4. The lowest BCUT2D eigenvalue weighted by molar-refractivity contribution is -0.314. The highest BCUT2D eigenvalue weighted by Gasteiger charge is 2.32. The van der Waals surface area contributed by atoms with Crippen molar-refractivity contribution < 1.29 is 19.4 Å². The predicted octanol–water partition coefficient (Wildman–Crippen LogP) is -0.284. The van der Waals surface area contributed by atoms with Crippen LogP contribution >= 0.6 is 0 Å². The first kappa shape index (κ1) is 10.0. The molecule has 13 heavy (non-hydrogen) atoms. The van der Waals surface area contributed by atoms with Crippen LogP contribution in [0.15, 0.2) is 0 Å². The Morgan fingerprint density at radius 1 is 1.23 bits per heavy atom. The highest BCUT2D eigenvalue weighted by atomic mass is 16.5. The number of rotatable bonds is 2. The van der Waals surface area contributed by atoms with Gasteiger partial charge in [0.15, 0.2) is 0 Å². The topological polar surface area (TPSA) is 66.4 Å². The Bertz CT molecular complexity index is 212. The van der Waals surface area contributed by atoms with E-state index in [4.69, 9.17) is 0 Å². The number of hydrogen-bond donors (Lipinski definition) is 0. The lowest BCUT2D eigenvalue weighted by atomic mass is 9.79. The van der Waals surface area contributed by atoms with Crippen LogP contribution in [0.5, 0.6) is 0 Å². The van der Waals surface area contributed by atoms with Crippen LogP contribution in [0, 0.1) is 11.8 Å². The summed E-state index contributed by atoms with van der Waals surface area (Å²) >= 11 is 0. The fourth-order valence-electron chi connectivity index (χ4n) is 1.85. The molecule has 0 aromatic carbocycles. The Labute approximate surface area is 76.9 Å². The summed E-state index contributed by atoms with van der Waals surface area (Å²) in [6.07, 6.45) is 2.88. The van der Waals surface area contributed by atoms with E-state index in [0.29, 0.717) is 12.8 Å². The highest BCUT2D eigenvalue weighted by Crippen LogP contribution is 2.30. The summed E-state index contributed by atoms with van der Waals surface area (Å²) in [6.45, 7) is 0. The first-order valence-corrected chi connectivity index (χ1v) is 4.45. The van der Waals surface area contributed by atoms with Gasteiger partial charge in [0.25, 0.3) is 0 Å². The lowest BCUT2D eigenvalue weighted by Crippen LogP contribution is -2.41. The summed E-state index contributed by atoms with van der Waals surface area (Å²) < 4.78 is 4.54. The van der Waals surface area contributed by atoms with Gasteiger partial charge in [-0.3, -0.25) is 4.79 Å². The molecule has 0 heterocycles. The Balaban J connectivity index is 2.67. The maximum atomic E-state index is 11.2. The molecule has 1 aliphatic carbocycles. The maximum Gasteiger partial charge on any atom is 0.309 e. The average molecular weight is 185 g/mol. The normalized spacial score (nSPS) is 28.1. The summed E-state index contributed by atoms with van der Waals surface area (Å²) in [4.78, 5) is 21.8. The van der Waals surface area contributed by atoms with E-state index in [1.807, 2.05) is 0 Å². The van der Waals surface area contributed by atoms with Gasteiger partial charge in [-0.05, 0) is 12.8 Å². The third-order valence-electron chi connectivity index (χ3n) is 2.57. The van der Waals surface area contributed by atoms with Crippen molar-refractivity contribution in [3.8, 4) is 0 Å². The zero-order chi connectivity index (χ0) is 9.84. The molecule has 4 nitrogen and oxygen atoms in total. The van der Waals surface area contributed by atoms with Crippen molar-refractivity contribution in [1.29, 1.82) is 0 Å². The predicted molar refractivity (Wildman–Crippen MR) is 42.5 cm³/mol. The van der Waals surface area contributed by atoms with Crippen LogP contribution < -0.4 is 5.11 Å². The Hall–Kier alpha value is -1.06. The molecule has 1 fully saturated rings. The summed E-state index contributed by atoms with van der Waals surface area (Å²) in [5, 5.41) is 10.7. The minimum atomic E-state index is -1.13. The molecule has 0 aromatic heterocycles. The Kier molecular flexibility index (Phi) is 3.28. The summed E-state index contributed by atoms with van der Waals surface area (Å²) in [7, 11) is 1.28. The largest absolute Gasteiger partial charge is 0.550 e. The molecule has 0 bridgehead atoms. The monoisotopic (exact) mass is 185 g/mol. The van der Waals surface area contributed by atoms with Crippen LogP contribution in [0.4, 0.5) is 0 Å². The van der Waals surface area contributed by atoms with Crippen LogP contribution in [-0.2, 0) is 14.3 Å². The SMILES string of the molecule is COC(=O)[C@@H]1CCCCC1C(=O)[O-]. The second kappa shape index (κ2) is 4.25. The number of carbonyl (C=O) groups excluding carboxylic acids is 2. The third-order valence-corrected chi connectivity index (χ3v) is 2.57. The molecule has 1 unspecified atom stereocenters. The van der Waals surface area contributed by atoms with E-state index < -0.39 is 23.8 Å². The number of carboxylic acid groups (broad SMARTS) is 1. The minimum Gasteiger partial charge on any atom is -0.550 e. The first-order valence-electron chi connectivity index (χ1n) is 4.45. The summed E-state index contributed by atoms with van der Waals surface area (Å²) in [5.74, 6) is -2.70. The lowest BCUT2D eigenvalue weighted by Gasteiger charge is -2.29. The van der Waals surface area contributed by atoms with Gasteiger partial charge in [-0.1, -0.05) is 12.8 Å². The van der Waals surface area contributed by atoms with Crippen molar-refractivity contribution in [3.63, 3.8) is 0 Å². The average Bonchev–Trinajstić information content (AvgIpc) is 2.16. The smallest absolute Gasteiger partial charge is 0.309 e. The number of methoxy groups -OCH3 is 1. The van der Waals surface area contributed by atoms with Crippen molar-refractivity contribution in [2.24, 2.45) is 11.8 Å².